The van der Waals surface area contributed by atoms with Crippen molar-refractivity contribution < 1.29 is 17.9 Å². The maximum Gasteiger partial charge on any atom is 0.416 e. The Labute approximate surface area is 145 Å². The van der Waals surface area contributed by atoms with Crippen LogP contribution in [0.3, 0.4) is 0 Å². The van der Waals surface area contributed by atoms with Gasteiger partial charge in [-0.3, -0.25) is 15.0 Å². The average Bonchev–Trinajstić information content (AvgIpc) is 3.00. The zero-order valence-electron chi connectivity index (χ0n) is 13.5. The summed E-state index contributed by atoms with van der Waals surface area (Å²) in [5.74, 6) is 0.498. The SMILES string of the molecule is COc1ccccc1-c1[nH][nH]c(=O)c1N=Nc1cccc(C(F)(F)F)c1. The highest BCUT2D eigenvalue weighted by atomic mass is 19.4. The molecule has 0 spiro atoms. The number of aromatic amines is 2. The van der Waals surface area contributed by atoms with Gasteiger partial charge >= 0.3 is 6.18 Å². The number of H-pyrrole nitrogens is 2. The maximum atomic E-state index is 12.8. The quantitative estimate of drug-likeness (QED) is 0.653. The highest BCUT2D eigenvalue weighted by Gasteiger charge is 2.30. The summed E-state index contributed by atoms with van der Waals surface area (Å²) in [5, 5.41) is 12.7. The van der Waals surface area contributed by atoms with E-state index in [4.69, 9.17) is 4.74 Å². The molecule has 0 aliphatic heterocycles. The van der Waals surface area contributed by atoms with Crippen LogP contribution in [0.15, 0.2) is 63.6 Å². The van der Waals surface area contributed by atoms with Crippen molar-refractivity contribution in [3.63, 3.8) is 0 Å². The first kappa shape index (κ1) is 17.5. The van der Waals surface area contributed by atoms with E-state index in [-0.39, 0.29) is 11.4 Å². The lowest BCUT2D eigenvalue weighted by atomic mass is 10.1. The Morgan fingerprint density at radius 2 is 1.77 bits per heavy atom. The van der Waals surface area contributed by atoms with Gasteiger partial charge in [0, 0.05) is 5.56 Å². The van der Waals surface area contributed by atoms with Gasteiger partial charge < -0.3 is 4.74 Å². The van der Waals surface area contributed by atoms with Crippen molar-refractivity contribution in [3.05, 3.63) is 64.4 Å². The summed E-state index contributed by atoms with van der Waals surface area (Å²) in [5.41, 5.74) is -0.601. The first-order valence-electron chi connectivity index (χ1n) is 7.43. The highest BCUT2D eigenvalue weighted by molar-refractivity contribution is 5.76. The summed E-state index contributed by atoms with van der Waals surface area (Å²) in [7, 11) is 1.48. The van der Waals surface area contributed by atoms with E-state index in [0.717, 1.165) is 12.1 Å². The molecule has 0 unspecified atom stereocenters. The van der Waals surface area contributed by atoms with Gasteiger partial charge in [0.15, 0.2) is 5.69 Å². The number of halogens is 3. The molecule has 1 heterocycles. The van der Waals surface area contributed by atoms with Crippen LogP contribution in [-0.4, -0.2) is 17.3 Å². The van der Waals surface area contributed by atoms with Crippen molar-refractivity contribution in [3.8, 4) is 17.0 Å². The van der Waals surface area contributed by atoms with Crippen LogP contribution in [0, 0.1) is 0 Å². The molecule has 0 aliphatic rings. The predicted octanol–water partition coefficient (Wildman–Crippen LogP) is 4.81. The smallest absolute Gasteiger partial charge is 0.416 e. The fourth-order valence-electron chi connectivity index (χ4n) is 2.34. The molecular formula is C17H13F3N4O2. The van der Waals surface area contributed by atoms with E-state index in [0.29, 0.717) is 17.0 Å². The van der Waals surface area contributed by atoms with Gasteiger partial charge in [0.1, 0.15) is 5.75 Å². The number of rotatable bonds is 4. The van der Waals surface area contributed by atoms with E-state index in [1.54, 1.807) is 24.3 Å². The molecule has 2 N–H and O–H groups in total. The van der Waals surface area contributed by atoms with Crippen LogP contribution in [-0.2, 0) is 6.18 Å². The molecule has 0 aliphatic carbocycles. The third-order valence-corrected chi connectivity index (χ3v) is 3.57. The summed E-state index contributed by atoms with van der Waals surface area (Å²) in [6, 6.07) is 11.3. The Morgan fingerprint density at radius 3 is 2.50 bits per heavy atom. The van der Waals surface area contributed by atoms with Crippen molar-refractivity contribution >= 4 is 11.4 Å². The van der Waals surface area contributed by atoms with Gasteiger partial charge in [0.25, 0.3) is 5.56 Å². The molecule has 0 saturated heterocycles. The molecule has 0 fully saturated rings. The molecule has 2 aromatic carbocycles. The fourth-order valence-corrected chi connectivity index (χ4v) is 2.34. The Bertz CT molecular complexity index is 1010. The topological polar surface area (TPSA) is 82.6 Å². The van der Waals surface area contributed by atoms with Crippen LogP contribution >= 0.6 is 0 Å². The molecule has 0 atom stereocenters. The summed E-state index contributed by atoms with van der Waals surface area (Å²) < 4.78 is 43.6. The average molecular weight is 362 g/mol. The lowest BCUT2D eigenvalue weighted by Gasteiger charge is -2.07. The molecular weight excluding hydrogens is 349 g/mol. The zero-order valence-corrected chi connectivity index (χ0v) is 13.5. The van der Waals surface area contributed by atoms with E-state index < -0.39 is 17.3 Å². The number of azo groups is 1. The van der Waals surface area contributed by atoms with Crippen molar-refractivity contribution in [1.29, 1.82) is 0 Å². The summed E-state index contributed by atoms with van der Waals surface area (Å²) in [6.07, 6.45) is -4.49. The van der Waals surface area contributed by atoms with Crippen molar-refractivity contribution in [2.45, 2.75) is 6.18 Å². The number of aromatic nitrogens is 2. The minimum absolute atomic E-state index is 0.0219. The van der Waals surface area contributed by atoms with Crippen LogP contribution in [0.2, 0.25) is 0 Å². The summed E-state index contributed by atoms with van der Waals surface area (Å²) in [4.78, 5) is 12.0. The lowest BCUT2D eigenvalue weighted by Crippen LogP contribution is -2.03. The molecule has 0 saturated carbocycles. The second kappa shape index (κ2) is 6.87. The molecule has 0 radical (unpaired) electrons. The van der Waals surface area contributed by atoms with Gasteiger partial charge in [-0.25, -0.2) is 0 Å². The molecule has 26 heavy (non-hydrogen) atoms. The minimum Gasteiger partial charge on any atom is -0.496 e. The number of benzene rings is 2. The Kier molecular flexibility index (Phi) is 4.61. The number of para-hydroxylation sites is 1. The van der Waals surface area contributed by atoms with E-state index in [1.165, 1.54) is 19.2 Å². The summed E-state index contributed by atoms with van der Waals surface area (Å²) >= 11 is 0. The predicted molar refractivity (Wildman–Crippen MR) is 89.0 cm³/mol. The highest BCUT2D eigenvalue weighted by Crippen LogP contribution is 2.34. The zero-order chi connectivity index (χ0) is 18.7. The van der Waals surface area contributed by atoms with Gasteiger partial charge in [-0.15, -0.1) is 5.11 Å². The molecule has 6 nitrogen and oxygen atoms in total. The number of ether oxygens (including phenoxy) is 1. The third kappa shape index (κ3) is 3.51. The molecule has 9 heteroatoms. The normalized spacial score (nSPS) is 11.8. The number of hydrogen-bond acceptors (Lipinski definition) is 4. The Hall–Kier alpha value is -3.36. The van der Waals surface area contributed by atoms with E-state index in [1.807, 2.05) is 0 Å². The van der Waals surface area contributed by atoms with Gasteiger partial charge in [-0.05, 0) is 30.3 Å². The third-order valence-electron chi connectivity index (χ3n) is 3.57. The number of nitrogens with zero attached hydrogens (tertiary/aromatic N) is 2. The van der Waals surface area contributed by atoms with Gasteiger partial charge in [-0.2, -0.15) is 18.3 Å². The minimum atomic E-state index is -4.49. The van der Waals surface area contributed by atoms with Crippen LogP contribution < -0.4 is 10.3 Å². The number of hydrogen-bond donors (Lipinski definition) is 2. The van der Waals surface area contributed by atoms with Crippen LogP contribution in [0.5, 0.6) is 5.75 Å². The first-order chi connectivity index (χ1) is 12.4. The Morgan fingerprint density at radius 1 is 1.00 bits per heavy atom. The van der Waals surface area contributed by atoms with Gasteiger partial charge in [-0.1, -0.05) is 18.2 Å². The summed E-state index contributed by atoms with van der Waals surface area (Å²) in [6.45, 7) is 0. The van der Waals surface area contributed by atoms with Crippen LogP contribution in [0.1, 0.15) is 5.56 Å². The molecule has 0 amide bonds. The fraction of sp³-hybridized carbons (Fsp3) is 0.118. The van der Waals surface area contributed by atoms with Crippen molar-refractivity contribution in [2.75, 3.05) is 7.11 Å². The van der Waals surface area contributed by atoms with Gasteiger partial charge in [0.2, 0.25) is 0 Å². The largest absolute Gasteiger partial charge is 0.496 e. The second-order valence-corrected chi connectivity index (χ2v) is 5.25. The van der Waals surface area contributed by atoms with Crippen molar-refractivity contribution in [2.24, 2.45) is 10.2 Å². The molecule has 134 valence electrons. The maximum absolute atomic E-state index is 12.8. The monoisotopic (exact) mass is 362 g/mol. The van der Waals surface area contributed by atoms with E-state index in [2.05, 4.69) is 20.4 Å². The second-order valence-electron chi connectivity index (χ2n) is 5.25. The number of methoxy groups -OCH3 is 1. The molecule has 3 aromatic rings. The number of nitrogens with one attached hydrogen (secondary N) is 2. The van der Waals surface area contributed by atoms with E-state index in [9.17, 15) is 18.0 Å². The standard InChI is InChI=1S/C17H13F3N4O2/c1-26-13-8-3-2-7-12(13)14-15(16(25)24-22-14)23-21-11-6-4-5-10(9-11)17(18,19)20/h2-9H,1H3,(H2,22,24,25). The van der Waals surface area contributed by atoms with Crippen LogP contribution in [0.4, 0.5) is 24.5 Å². The van der Waals surface area contributed by atoms with Crippen molar-refractivity contribution in [1.82, 2.24) is 10.2 Å². The van der Waals surface area contributed by atoms with Crippen LogP contribution in [0.25, 0.3) is 11.3 Å². The lowest BCUT2D eigenvalue weighted by molar-refractivity contribution is -0.137. The molecule has 0 bridgehead atoms. The van der Waals surface area contributed by atoms with E-state index >= 15 is 0 Å². The Balaban J connectivity index is 2.01. The molecule has 1 aromatic heterocycles. The van der Waals surface area contributed by atoms with Gasteiger partial charge in [0.05, 0.1) is 24.1 Å². The molecule has 3 rings (SSSR count). The first-order valence-corrected chi connectivity index (χ1v) is 7.43. The number of alkyl halides is 3.